The van der Waals surface area contributed by atoms with Crippen LogP contribution in [0.2, 0.25) is 0 Å². The topological polar surface area (TPSA) is 58.6 Å². The van der Waals surface area contributed by atoms with Crippen molar-refractivity contribution in [1.29, 1.82) is 0 Å². The Labute approximate surface area is 100 Å². The standard InChI is InChI=1S/C11H19NO3S/c1-8-11(14,4-5-15-8)7-12-10(13)9-3-2-6-16-9/h8-9,14H,2-7H2,1H3,(H,12,13). The molecule has 4 nitrogen and oxygen atoms in total. The molecule has 1 amide bonds. The Morgan fingerprint density at radius 3 is 3.06 bits per heavy atom. The molecule has 0 aromatic carbocycles. The SMILES string of the molecule is CC1OCCC1(O)CNC(=O)C1CCCS1. The summed E-state index contributed by atoms with van der Waals surface area (Å²) in [5.41, 5.74) is -0.876. The molecule has 0 spiro atoms. The maximum atomic E-state index is 11.8. The molecule has 2 rings (SSSR count). The highest BCUT2D eigenvalue weighted by Gasteiger charge is 2.40. The minimum absolute atomic E-state index is 0.0648. The summed E-state index contributed by atoms with van der Waals surface area (Å²) < 4.78 is 5.32. The van der Waals surface area contributed by atoms with Gasteiger partial charge in [-0.05, 0) is 25.5 Å². The zero-order valence-corrected chi connectivity index (χ0v) is 10.4. The first kappa shape index (κ1) is 12.2. The fraction of sp³-hybridized carbons (Fsp3) is 0.909. The second kappa shape index (κ2) is 4.94. The molecule has 2 aliphatic rings. The summed E-state index contributed by atoms with van der Waals surface area (Å²) in [7, 11) is 0. The number of hydrogen-bond donors (Lipinski definition) is 2. The van der Waals surface area contributed by atoms with Crippen molar-refractivity contribution < 1.29 is 14.6 Å². The summed E-state index contributed by atoms with van der Waals surface area (Å²) >= 11 is 1.71. The van der Waals surface area contributed by atoms with Gasteiger partial charge in [-0.25, -0.2) is 0 Å². The van der Waals surface area contributed by atoms with Gasteiger partial charge >= 0.3 is 0 Å². The lowest BCUT2D eigenvalue weighted by Crippen LogP contribution is -2.48. The number of aliphatic hydroxyl groups is 1. The van der Waals surface area contributed by atoms with Crippen molar-refractivity contribution in [2.75, 3.05) is 18.9 Å². The van der Waals surface area contributed by atoms with Gasteiger partial charge in [-0.3, -0.25) is 4.79 Å². The van der Waals surface area contributed by atoms with E-state index < -0.39 is 5.60 Å². The molecule has 0 bridgehead atoms. The number of thioether (sulfide) groups is 1. The third kappa shape index (κ3) is 2.52. The van der Waals surface area contributed by atoms with Crippen LogP contribution in [0.5, 0.6) is 0 Å². The van der Waals surface area contributed by atoms with Crippen molar-refractivity contribution in [2.24, 2.45) is 0 Å². The van der Waals surface area contributed by atoms with Crippen molar-refractivity contribution in [1.82, 2.24) is 5.32 Å². The summed E-state index contributed by atoms with van der Waals surface area (Å²) in [6.07, 6.45) is 2.49. The average molecular weight is 245 g/mol. The lowest BCUT2D eigenvalue weighted by molar-refractivity contribution is -0.122. The molecule has 0 aromatic heterocycles. The Morgan fingerprint density at radius 2 is 2.50 bits per heavy atom. The molecule has 2 N–H and O–H groups in total. The van der Waals surface area contributed by atoms with E-state index in [-0.39, 0.29) is 17.3 Å². The van der Waals surface area contributed by atoms with E-state index >= 15 is 0 Å². The molecular formula is C11H19NO3S. The van der Waals surface area contributed by atoms with Gasteiger partial charge in [0.15, 0.2) is 0 Å². The Hall–Kier alpha value is -0.260. The Kier molecular flexibility index (Phi) is 3.77. The molecule has 0 saturated carbocycles. The molecule has 16 heavy (non-hydrogen) atoms. The van der Waals surface area contributed by atoms with Gasteiger partial charge < -0.3 is 15.2 Å². The van der Waals surface area contributed by atoms with Gasteiger partial charge in [-0.15, -0.1) is 11.8 Å². The molecule has 92 valence electrons. The first-order valence-electron chi connectivity index (χ1n) is 5.85. The molecule has 0 aliphatic carbocycles. The molecule has 3 unspecified atom stereocenters. The minimum atomic E-state index is -0.876. The summed E-state index contributed by atoms with van der Waals surface area (Å²) in [6.45, 7) is 2.74. The summed E-state index contributed by atoms with van der Waals surface area (Å²) in [4.78, 5) is 11.8. The molecule has 2 fully saturated rings. The number of carbonyl (C=O) groups excluding carboxylic acids is 1. The smallest absolute Gasteiger partial charge is 0.233 e. The fourth-order valence-corrected chi connectivity index (χ4v) is 3.33. The van der Waals surface area contributed by atoms with E-state index in [2.05, 4.69) is 5.32 Å². The van der Waals surface area contributed by atoms with Crippen molar-refractivity contribution in [3.8, 4) is 0 Å². The first-order chi connectivity index (χ1) is 7.62. The lowest BCUT2D eigenvalue weighted by atomic mass is 9.96. The molecule has 0 radical (unpaired) electrons. The third-order valence-electron chi connectivity index (χ3n) is 3.45. The zero-order chi connectivity index (χ0) is 11.6. The Bertz CT molecular complexity index is 268. The van der Waals surface area contributed by atoms with Crippen molar-refractivity contribution in [3.63, 3.8) is 0 Å². The maximum absolute atomic E-state index is 11.8. The van der Waals surface area contributed by atoms with Gasteiger partial charge in [0, 0.05) is 19.6 Å². The van der Waals surface area contributed by atoms with Crippen LogP contribution < -0.4 is 5.32 Å². The lowest BCUT2D eigenvalue weighted by Gasteiger charge is -2.26. The number of ether oxygens (including phenoxy) is 1. The van der Waals surface area contributed by atoms with Crippen LogP contribution in [0.1, 0.15) is 26.2 Å². The number of hydrogen-bond acceptors (Lipinski definition) is 4. The highest BCUT2D eigenvalue weighted by molar-refractivity contribution is 8.00. The maximum Gasteiger partial charge on any atom is 0.233 e. The van der Waals surface area contributed by atoms with Crippen molar-refractivity contribution >= 4 is 17.7 Å². The minimum Gasteiger partial charge on any atom is -0.385 e. The van der Waals surface area contributed by atoms with Crippen LogP contribution in [0.25, 0.3) is 0 Å². The van der Waals surface area contributed by atoms with Crippen LogP contribution in [0, 0.1) is 0 Å². The van der Waals surface area contributed by atoms with Gasteiger partial charge in [0.05, 0.1) is 11.4 Å². The predicted molar refractivity (Wildman–Crippen MR) is 63.5 cm³/mol. The van der Waals surface area contributed by atoms with Crippen molar-refractivity contribution in [3.05, 3.63) is 0 Å². The Balaban J connectivity index is 1.80. The van der Waals surface area contributed by atoms with Gasteiger partial charge in [-0.1, -0.05) is 0 Å². The van der Waals surface area contributed by atoms with Crippen LogP contribution in [0.4, 0.5) is 0 Å². The molecule has 0 aromatic rings. The quantitative estimate of drug-likeness (QED) is 0.762. The van der Waals surface area contributed by atoms with Crippen LogP contribution in [0.15, 0.2) is 0 Å². The summed E-state index contributed by atoms with van der Waals surface area (Å²) in [5, 5.41) is 13.1. The van der Waals surface area contributed by atoms with Gasteiger partial charge in [0.25, 0.3) is 0 Å². The summed E-state index contributed by atoms with van der Waals surface area (Å²) in [5.74, 6) is 1.14. The largest absolute Gasteiger partial charge is 0.385 e. The monoisotopic (exact) mass is 245 g/mol. The van der Waals surface area contributed by atoms with Crippen LogP contribution in [-0.4, -0.2) is 46.9 Å². The van der Waals surface area contributed by atoms with Crippen LogP contribution in [-0.2, 0) is 9.53 Å². The van der Waals surface area contributed by atoms with Crippen LogP contribution >= 0.6 is 11.8 Å². The second-order valence-electron chi connectivity index (χ2n) is 4.59. The highest BCUT2D eigenvalue weighted by Crippen LogP contribution is 2.27. The van der Waals surface area contributed by atoms with E-state index in [1.54, 1.807) is 11.8 Å². The second-order valence-corrected chi connectivity index (χ2v) is 5.90. The van der Waals surface area contributed by atoms with Crippen molar-refractivity contribution in [2.45, 2.75) is 43.1 Å². The van der Waals surface area contributed by atoms with Crippen LogP contribution in [0.3, 0.4) is 0 Å². The number of rotatable bonds is 3. The molecule has 5 heteroatoms. The molecule has 2 aliphatic heterocycles. The first-order valence-corrected chi connectivity index (χ1v) is 6.90. The van der Waals surface area contributed by atoms with Gasteiger partial charge in [0.2, 0.25) is 5.91 Å². The molecular weight excluding hydrogens is 226 g/mol. The van der Waals surface area contributed by atoms with E-state index in [9.17, 15) is 9.90 Å². The van der Waals surface area contributed by atoms with E-state index in [1.807, 2.05) is 6.92 Å². The summed E-state index contributed by atoms with van der Waals surface area (Å²) in [6, 6.07) is 0. The van der Waals surface area contributed by atoms with Gasteiger partial charge in [-0.2, -0.15) is 0 Å². The average Bonchev–Trinajstić information content (AvgIpc) is 2.87. The fourth-order valence-electron chi connectivity index (χ4n) is 2.14. The zero-order valence-electron chi connectivity index (χ0n) is 9.57. The molecule has 3 atom stereocenters. The Morgan fingerprint density at radius 1 is 1.69 bits per heavy atom. The normalized spacial score (nSPS) is 38.9. The van der Waals surface area contributed by atoms with E-state index in [4.69, 9.17) is 4.74 Å². The highest BCUT2D eigenvalue weighted by atomic mass is 32.2. The third-order valence-corrected chi connectivity index (χ3v) is 4.83. The number of carbonyl (C=O) groups is 1. The molecule has 2 heterocycles. The van der Waals surface area contributed by atoms with E-state index in [1.165, 1.54) is 0 Å². The van der Waals surface area contributed by atoms with E-state index in [0.29, 0.717) is 19.6 Å². The van der Waals surface area contributed by atoms with E-state index in [0.717, 1.165) is 18.6 Å². The van der Waals surface area contributed by atoms with Gasteiger partial charge in [0.1, 0.15) is 5.60 Å². The number of nitrogens with one attached hydrogen (secondary N) is 1. The number of amides is 1. The molecule has 2 saturated heterocycles. The predicted octanol–water partition coefficient (Wildman–Crippen LogP) is 0.538.